The Kier molecular flexibility index (Phi) is 5.85. The van der Waals surface area contributed by atoms with Gasteiger partial charge >= 0.3 is 6.61 Å². The van der Waals surface area contributed by atoms with Crippen molar-refractivity contribution in [3.8, 4) is 11.5 Å². The molecule has 1 rings (SSSR count). The predicted octanol–water partition coefficient (Wildman–Crippen LogP) is 3.04. The maximum atomic E-state index is 12.2. The summed E-state index contributed by atoms with van der Waals surface area (Å²) in [5.41, 5.74) is 0.882. The molecule has 1 aromatic rings. The first-order chi connectivity index (χ1) is 8.52. The lowest BCUT2D eigenvalue weighted by molar-refractivity contribution is -0.0512. The molecule has 0 aromatic heterocycles. The zero-order chi connectivity index (χ0) is 13.5. The van der Waals surface area contributed by atoms with Gasteiger partial charge in [0.1, 0.15) is 0 Å². The van der Waals surface area contributed by atoms with Crippen molar-refractivity contribution in [3.63, 3.8) is 0 Å². The molecule has 0 bridgehead atoms. The van der Waals surface area contributed by atoms with Crippen LogP contribution in [0.4, 0.5) is 8.78 Å². The third kappa shape index (κ3) is 4.87. The summed E-state index contributed by atoms with van der Waals surface area (Å²) in [5.74, 6) is 0.916. The van der Waals surface area contributed by atoms with Crippen LogP contribution in [-0.2, 0) is 6.54 Å². The van der Waals surface area contributed by atoms with Crippen LogP contribution in [0.15, 0.2) is 18.2 Å². The minimum Gasteiger partial charge on any atom is -0.493 e. The highest BCUT2D eigenvalue weighted by Gasteiger charge is 2.11. The highest BCUT2D eigenvalue weighted by Crippen LogP contribution is 2.29. The molecule has 0 unspecified atom stereocenters. The molecule has 1 N–H and O–H groups in total. The second-order valence-electron chi connectivity index (χ2n) is 4.39. The van der Waals surface area contributed by atoms with Gasteiger partial charge in [-0.05, 0) is 30.2 Å². The standard InChI is InChI=1S/C13H19F2NO2/c1-9(2)7-16-8-10-4-5-11(17-3)12(6-10)18-13(14)15/h4-6,9,13,16H,7-8H2,1-3H3. The normalized spacial score (nSPS) is 11.1. The number of rotatable bonds is 7. The molecule has 3 nitrogen and oxygen atoms in total. The van der Waals surface area contributed by atoms with Crippen LogP contribution in [0, 0.1) is 5.92 Å². The van der Waals surface area contributed by atoms with E-state index in [1.165, 1.54) is 7.11 Å². The van der Waals surface area contributed by atoms with Gasteiger partial charge in [-0.25, -0.2) is 0 Å². The maximum absolute atomic E-state index is 12.2. The van der Waals surface area contributed by atoms with E-state index in [-0.39, 0.29) is 5.75 Å². The van der Waals surface area contributed by atoms with Gasteiger partial charge < -0.3 is 14.8 Å². The Morgan fingerprint density at radius 3 is 2.50 bits per heavy atom. The van der Waals surface area contributed by atoms with Crippen molar-refractivity contribution in [2.45, 2.75) is 27.0 Å². The Morgan fingerprint density at radius 1 is 1.22 bits per heavy atom. The molecular weight excluding hydrogens is 240 g/mol. The lowest BCUT2D eigenvalue weighted by Gasteiger charge is -2.12. The van der Waals surface area contributed by atoms with Gasteiger partial charge in [0.15, 0.2) is 11.5 Å². The van der Waals surface area contributed by atoms with E-state index < -0.39 is 6.61 Å². The molecule has 0 fully saturated rings. The van der Waals surface area contributed by atoms with Gasteiger partial charge in [-0.2, -0.15) is 8.78 Å². The summed E-state index contributed by atoms with van der Waals surface area (Å²) >= 11 is 0. The van der Waals surface area contributed by atoms with E-state index in [9.17, 15) is 8.78 Å². The summed E-state index contributed by atoms with van der Waals surface area (Å²) in [5, 5.41) is 3.24. The number of hydrogen-bond donors (Lipinski definition) is 1. The SMILES string of the molecule is COc1ccc(CNCC(C)C)cc1OC(F)F. The Morgan fingerprint density at radius 2 is 1.94 bits per heavy atom. The molecule has 0 saturated carbocycles. The number of benzene rings is 1. The molecule has 0 aliphatic carbocycles. The highest BCUT2D eigenvalue weighted by atomic mass is 19.3. The molecule has 0 radical (unpaired) electrons. The first kappa shape index (κ1) is 14.7. The first-order valence-electron chi connectivity index (χ1n) is 5.85. The van der Waals surface area contributed by atoms with Gasteiger partial charge in [0.25, 0.3) is 0 Å². The monoisotopic (exact) mass is 259 g/mol. The quantitative estimate of drug-likeness (QED) is 0.816. The van der Waals surface area contributed by atoms with E-state index in [0.29, 0.717) is 18.2 Å². The third-order valence-electron chi connectivity index (χ3n) is 2.33. The van der Waals surface area contributed by atoms with Crippen molar-refractivity contribution >= 4 is 0 Å². The number of hydrogen-bond acceptors (Lipinski definition) is 3. The van der Waals surface area contributed by atoms with Gasteiger partial charge in [0, 0.05) is 6.54 Å². The maximum Gasteiger partial charge on any atom is 0.387 e. The zero-order valence-corrected chi connectivity index (χ0v) is 10.9. The Labute approximate surface area is 106 Å². The van der Waals surface area contributed by atoms with Crippen molar-refractivity contribution in [1.82, 2.24) is 5.32 Å². The predicted molar refractivity (Wildman–Crippen MR) is 66.2 cm³/mol. The van der Waals surface area contributed by atoms with Gasteiger partial charge in [-0.15, -0.1) is 0 Å². The van der Waals surface area contributed by atoms with Crippen LogP contribution in [0.1, 0.15) is 19.4 Å². The van der Waals surface area contributed by atoms with E-state index in [4.69, 9.17) is 4.74 Å². The van der Waals surface area contributed by atoms with E-state index in [1.807, 2.05) is 6.07 Å². The lowest BCUT2D eigenvalue weighted by atomic mass is 10.2. The van der Waals surface area contributed by atoms with E-state index in [2.05, 4.69) is 23.9 Å². The Bertz CT molecular complexity index is 370. The summed E-state index contributed by atoms with van der Waals surface area (Å²) in [6.07, 6.45) is 0. The van der Waals surface area contributed by atoms with Crippen molar-refractivity contribution in [3.05, 3.63) is 23.8 Å². The molecule has 0 aliphatic heterocycles. The molecule has 0 saturated heterocycles. The van der Waals surface area contributed by atoms with Crippen molar-refractivity contribution < 1.29 is 18.3 Å². The van der Waals surface area contributed by atoms with Gasteiger partial charge in [-0.3, -0.25) is 0 Å². The molecular formula is C13H19F2NO2. The van der Waals surface area contributed by atoms with E-state index >= 15 is 0 Å². The van der Waals surface area contributed by atoms with Crippen LogP contribution in [0.2, 0.25) is 0 Å². The number of alkyl halides is 2. The summed E-state index contributed by atoms with van der Waals surface area (Å²) < 4.78 is 33.8. The van der Waals surface area contributed by atoms with Crippen LogP contribution in [0.3, 0.4) is 0 Å². The van der Waals surface area contributed by atoms with Gasteiger partial charge in [-0.1, -0.05) is 19.9 Å². The topological polar surface area (TPSA) is 30.5 Å². The second-order valence-corrected chi connectivity index (χ2v) is 4.39. The molecule has 0 aliphatic rings. The Hall–Kier alpha value is -1.36. The number of halogens is 2. The van der Waals surface area contributed by atoms with Crippen LogP contribution in [0.5, 0.6) is 11.5 Å². The van der Waals surface area contributed by atoms with E-state index in [1.54, 1.807) is 12.1 Å². The third-order valence-corrected chi connectivity index (χ3v) is 2.33. The Balaban J connectivity index is 2.69. The largest absolute Gasteiger partial charge is 0.493 e. The summed E-state index contributed by atoms with van der Waals surface area (Å²) in [4.78, 5) is 0. The molecule has 0 atom stereocenters. The van der Waals surface area contributed by atoms with Crippen LogP contribution in [0.25, 0.3) is 0 Å². The van der Waals surface area contributed by atoms with Crippen LogP contribution < -0.4 is 14.8 Å². The zero-order valence-electron chi connectivity index (χ0n) is 10.9. The minimum absolute atomic E-state index is 0.0661. The second kappa shape index (κ2) is 7.16. The molecule has 0 amide bonds. The first-order valence-corrected chi connectivity index (χ1v) is 5.85. The van der Waals surface area contributed by atoms with Crippen molar-refractivity contribution in [1.29, 1.82) is 0 Å². The summed E-state index contributed by atoms with van der Waals surface area (Å²) in [6.45, 7) is 2.84. The van der Waals surface area contributed by atoms with Crippen LogP contribution in [-0.4, -0.2) is 20.3 Å². The molecule has 5 heteroatoms. The molecule has 1 aromatic carbocycles. The average Bonchev–Trinajstić information content (AvgIpc) is 2.28. The van der Waals surface area contributed by atoms with Gasteiger partial charge in [0.2, 0.25) is 0 Å². The number of nitrogens with one attached hydrogen (secondary N) is 1. The molecule has 18 heavy (non-hydrogen) atoms. The van der Waals surface area contributed by atoms with Crippen molar-refractivity contribution in [2.24, 2.45) is 5.92 Å². The average molecular weight is 259 g/mol. The molecule has 0 spiro atoms. The smallest absolute Gasteiger partial charge is 0.387 e. The number of methoxy groups -OCH3 is 1. The van der Waals surface area contributed by atoms with Crippen molar-refractivity contribution in [2.75, 3.05) is 13.7 Å². The molecule has 0 heterocycles. The fourth-order valence-electron chi connectivity index (χ4n) is 1.52. The molecule has 102 valence electrons. The summed E-state index contributed by atoms with van der Waals surface area (Å²) in [6, 6.07) is 5.02. The highest BCUT2D eigenvalue weighted by molar-refractivity contribution is 5.42. The van der Waals surface area contributed by atoms with Crippen LogP contribution >= 0.6 is 0 Å². The van der Waals surface area contributed by atoms with E-state index in [0.717, 1.165) is 12.1 Å². The minimum atomic E-state index is -2.85. The lowest BCUT2D eigenvalue weighted by Crippen LogP contribution is -2.19. The fourth-order valence-corrected chi connectivity index (χ4v) is 1.52. The summed E-state index contributed by atoms with van der Waals surface area (Å²) in [7, 11) is 1.42. The fraction of sp³-hybridized carbons (Fsp3) is 0.538. The number of ether oxygens (including phenoxy) is 2. The van der Waals surface area contributed by atoms with Gasteiger partial charge in [0.05, 0.1) is 7.11 Å².